The van der Waals surface area contributed by atoms with Crippen LogP contribution in [-0.4, -0.2) is 16.6 Å². The molecule has 5 heteroatoms. The summed E-state index contributed by atoms with van der Waals surface area (Å²) in [5.41, 5.74) is 1.68. The molecule has 0 saturated heterocycles. The van der Waals surface area contributed by atoms with Gasteiger partial charge >= 0.3 is 0 Å². The summed E-state index contributed by atoms with van der Waals surface area (Å²) >= 11 is 5.76. The van der Waals surface area contributed by atoms with Crippen LogP contribution in [0.1, 0.15) is 30.2 Å². The second-order valence-electron chi connectivity index (χ2n) is 4.60. The average molecular weight is 295 g/mol. The Morgan fingerprint density at radius 3 is 2.60 bits per heavy atom. The molecule has 0 aliphatic carbocycles. The third kappa shape index (κ3) is 3.76. The molecule has 0 saturated carbocycles. The molecule has 2 rings (SSSR count). The number of benzene rings is 1. The van der Waals surface area contributed by atoms with E-state index in [0.29, 0.717) is 6.54 Å². The van der Waals surface area contributed by atoms with Gasteiger partial charge in [0.2, 0.25) is 0 Å². The van der Waals surface area contributed by atoms with Crippen molar-refractivity contribution >= 4 is 11.6 Å². The fourth-order valence-corrected chi connectivity index (χ4v) is 2.08. The Labute approximate surface area is 122 Å². The summed E-state index contributed by atoms with van der Waals surface area (Å²) in [6, 6.07) is 8.11. The largest absolute Gasteiger partial charge is 0.387 e. The van der Waals surface area contributed by atoms with Crippen LogP contribution in [0.4, 0.5) is 4.39 Å². The van der Waals surface area contributed by atoms with Gasteiger partial charge in [0.05, 0.1) is 11.1 Å². The molecule has 20 heavy (non-hydrogen) atoms. The number of nitrogens with one attached hydrogen (secondary N) is 1. The fraction of sp³-hybridized carbons (Fsp3) is 0.267. The Kier molecular flexibility index (Phi) is 5.06. The normalized spacial score (nSPS) is 14.0. The van der Waals surface area contributed by atoms with E-state index in [4.69, 9.17) is 11.6 Å². The third-order valence-corrected chi connectivity index (χ3v) is 3.44. The Morgan fingerprint density at radius 1 is 1.25 bits per heavy atom. The molecule has 0 amide bonds. The first-order valence-electron chi connectivity index (χ1n) is 6.34. The van der Waals surface area contributed by atoms with Crippen molar-refractivity contribution in [3.05, 3.63) is 64.7 Å². The van der Waals surface area contributed by atoms with Gasteiger partial charge in [-0.1, -0.05) is 17.7 Å². The molecule has 1 heterocycles. The predicted molar refractivity (Wildman–Crippen MR) is 77.0 cm³/mol. The van der Waals surface area contributed by atoms with E-state index in [1.807, 2.05) is 6.92 Å². The number of hydrogen-bond acceptors (Lipinski definition) is 3. The Morgan fingerprint density at radius 2 is 1.95 bits per heavy atom. The standard InChI is InChI=1S/C15H16ClFN2O/c1-10(12-2-3-14(17)13(16)8-12)19-9-15(20)11-4-6-18-7-5-11/h2-8,10,15,19-20H,9H2,1H3. The molecular weight excluding hydrogens is 279 g/mol. The van der Waals surface area contributed by atoms with Gasteiger partial charge in [-0.2, -0.15) is 0 Å². The van der Waals surface area contributed by atoms with Crippen molar-refractivity contribution < 1.29 is 9.50 Å². The highest BCUT2D eigenvalue weighted by Gasteiger charge is 2.11. The zero-order valence-corrected chi connectivity index (χ0v) is 11.8. The summed E-state index contributed by atoms with van der Waals surface area (Å²) < 4.78 is 13.1. The highest BCUT2D eigenvalue weighted by molar-refractivity contribution is 6.30. The predicted octanol–water partition coefficient (Wildman–Crippen LogP) is 3.26. The number of rotatable bonds is 5. The van der Waals surface area contributed by atoms with Gasteiger partial charge in [-0.3, -0.25) is 4.98 Å². The fourth-order valence-electron chi connectivity index (χ4n) is 1.89. The van der Waals surface area contributed by atoms with Gasteiger partial charge in [-0.05, 0) is 42.3 Å². The van der Waals surface area contributed by atoms with E-state index in [1.165, 1.54) is 6.07 Å². The van der Waals surface area contributed by atoms with Gasteiger partial charge < -0.3 is 10.4 Å². The lowest BCUT2D eigenvalue weighted by atomic mass is 10.1. The molecular formula is C15H16ClFN2O. The van der Waals surface area contributed by atoms with E-state index >= 15 is 0 Å². The van der Waals surface area contributed by atoms with Crippen LogP contribution in [0, 0.1) is 5.82 Å². The summed E-state index contributed by atoms with van der Waals surface area (Å²) in [7, 11) is 0. The zero-order chi connectivity index (χ0) is 14.5. The molecule has 2 unspecified atom stereocenters. The molecule has 0 aliphatic heterocycles. The molecule has 0 radical (unpaired) electrons. The lowest BCUT2D eigenvalue weighted by Crippen LogP contribution is -2.24. The van der Waals surface area contributed by atoms with E-state index in [9.17, 15) is 9.50 Å². The topological polar surface area (TPSA) is 45.1 Å². The summed E-state index contributed by atoms with van der Waals surface area (Å²) in [6.45, 7) is 2.32. The van der Waals surface area contributed by atoms with E-state index < -0.39 is 11.9 Å². The minimum Gasteiger partial charge on any atom is -0.387 e. The first-order valence-corrected chi connectivity index (χ1v) is 6.72. The molecule has 3 nitrogen and oxygen atoms in total. The van der Waals surface area contributed by atoms with Crippen LogP contribution in [0.3, 0.4) is 0 Å². The molecule has 0 fully saturated rings. The Balaban J connectivity index is 1.95. The Hall–Kier alpha value is -1.49. The van der Waals surface area contributed by atoms with Gasteiger partial charge in [0.15, 0.2) is 0 Å². The van der Waals surface area contributed by atoms with Crippen molar-refractivity contribution in [3.63, 3.8) is 0 Å². The first-order chi connectivity index (χ1) is 9.58. The van der Waals surface area contributed by atoms with Crippen LogP contribution >= 0.6 is 11.6 Å². The van der Waals surface area contributed by atoms with Crippen molar-refractivity contribution in [2.75, 3.05) is 6.54 Å². The minimum absolute atomic E-state index is 0.0374. The lowest BCUT2D eigenvalue weighted by molar-refractivity contribution is 0.170. The highest BCUT2D eigenvalue weighted by Crippen LogP contribution is 2.21. The average Bonchev–Trinajstić information content (AvgIpc) is 2.48. The molecule has 0 aliphatic rings. The van der Waals surface area contributed by atoms with Gasteiger partial charge in [-0.25, -0.2) is 4.39 Å². The second-order valence-corrected chi connectivity index (χ2v) is 5.01. The van der Waals surface area contributed by atoms with Crippen LogP contribution in [0.2, 0.25) is 5.02 Å². The smallest absolute Gasteiger partial charge is 0.141 e. The van der Waals surface area contributed by atoms with Crippen LogP contribution < -0.4 is 5.32 Å². The number of hydrogen-bond donors (Lipinski definition) is 2. The van der Waals surface area contributed by atoms with Crippen LogP contribution in [0.15, 0.2) is 42.7 Å². The van der Waals surface area contributed by atoms with Gasteiger partial charge in [0.1, 0.15) is 5.82 Å². The van der Waals surface area contributed by atoms with E-state index in [1.54, 1.807) is 36.7 Å². The first kappa shape index (κ1) is 14.9. The zero-order valence-electron chi connectivity index (χ0n) is 11.1. The van der Waals surface area contributed by atoms with Crippen LogP contribution in [-0.2, 0) is 0 Å². The monoisotopic (exact) mass is 294 g/mol. The molecule has 2 aromatic rings. The quantitative estimate of drug-likeness (QED) is 0.890. The number of halogens is 2. The summed E-state index contributed by atoms with van der Waals surface area (Å²) in [4.78, 5) is 3.91. The van der Waals surface area contributed by atoms with Crippen LogP contribution in [0.25, 0.3) is 0 Å². The second kappa shape index (κ2) is 6.79. The maximum Gasteiger partial charge on any atom is 0.141 e. The van der Waals surface area contributed by atoms with Crippen molar-refractivity contribution in [3.8, 4) is 0 Å². The van der Waals surface area contributed by atoms with E-state index in [2.05, 4.69) is 10.3 Å². The highest BCUT2D eigenvalue weighted by atomic mass is 35.5. The van der Waals surface area contributed by atoms with Crippen molar-refractivity contribution in [2.45, 2.75) is 19.1 Å². The Bertz CT molecular complexity index is 565. The SMILES string of the molecule is CC(NCC(O)c1ccncc1)c1ccc(F)c(Cl)c1. The molecule has 0 bridgehead atoms. The van der Waals surface area contributed by atoms with Crippen LogP contribution in [0.5, 0.6) is 0 Å². The lowest BCUT2D eigenvalue weighted by Gasteiger charge is -2.18. The van der Waals surface area contributed by atoms with Crippen molar-refractivity contribution in [1.29, 1.82) is 0 Å². The van der Waals surface area contributed by atoms with Gasteiger partial charge in [0.25, 0.3) is 0 Å². The van der Waals surface area contributed by atoms with E-state index in [-0.39, 0.29) is 11.1 Å². The molecule has 1 aromatic carbocycles. The summed E-state index contributed by atoms with van der Waals surface area (Å²) in [6.07, 6.45) is 2.67. The molecule has 2 atom stereocenters. The van der Waals surface area contributed by atoms with Crippen molar-refractivity contribution in [2.24, 2.45) is 0 Å². The summed E-state index contributed by atoms with van der Waals surface area (Å²) in [5, 5.41) is 13.3. The van der Waals surface area contributed by atoms with Gasteiger partial charge in [0, 0.05) is 25.0 Å². The molecule has 106 valence electrons. The molecule has 0 spiro atoms. The number of aromatic nitrogens is 1. The number of aliphatic hydroxyl groups is 1. The number of nitrogens with zero attached hydrogens (tertiary/aromatic N) is 1. The number of aliphatic hydroxyl groups excluding tert-OH is 1. The van der Waals surface area contributed by atoms with Crippen molar-refractivity contribution in [1.82, 2.24) is 10.3 Å². The van der Waals surface area contributed by atoms with Gasteiger partial charge in [-0.15, -0.1) is 0 Å². The maximum absolute atomic E-state index is 13.1. The third-order valence-electron chi connectivity index (χ3n) is 3.15. The molecule has 1 aromatic heterocycles. The molecule has 2 N–H and O–H groups in total. The minimum atomic E-state index is -0.614. The summed E-state index contributed by atoms with van der Waals surface area (Å²) in [5.74, 6) is -0.431. The maximum atomic E-state index is 13.1. The number of pyridine rings is 1. The van der Waals surface area contributed by atoms with E-state index in [0.717, 1.165) is 11.1 Å².